The van der Waals surface area contributed by atoms with Gasteiger partial charge in [0.05, 0.1) is 9.26 Å². The second-order valence-corrected chi connectivity index (χ2v) is 4.32. The third kappa shape index (κ3) is 3.01. The van der Waals surface area contributed by atoms with Crippen LogP contribution in [0.4, 0.5) is 5.82 Å². The van der Waals surface area contributed by atoms with Crippen LogP contribution in [0, 0.1) is 10.5 Å². The number of aryl methyl sites for hydroxylation is 1. The van der Waals surface area contributed by atoms with Gasteiger partial charge in [0.15, 0.2) is 5.82 Å². The van der Waals surface area contributed by atoms with Gasteiger partial charge in [0.1, 0.15) is 11.9 Å². The summed E-state index contributed by atoms with van der Waals surface area (Å²) in [5, 5.41) is 3.22. The van der Waals surface area contributed by atoms with Gasteiger partial charge in [0.25, 0.3) is 0 Å². The minimum atomic E-state index is -0.0712. The number of anilines is 1. The lowest BCUT2D eigenvalue weighted by Crippen LogP contribution is -2.10. The average Bonchev–Trinajstić information content (AvgIpc) is 2.23. The second kappa shape index (κ2) is 5.60. The van der Waals surface area contributed by atoms with Gasteiger partial charge >= 0.3 is 0 Å². The molecule has 0 amide bonds. The molecule has 0 saturated heterocycles. The summed E-state index contributed by atoms with van der Waals surface area (Å²) in [6.45, 7) is 6.83. The SMILES string of the molecule is CCNc1nc(C(C)OC)nc(C)c1I. The van der Waals surface area contributed by atoms with Crippen LogP contribution in [0.15, 0.2) is 0 Å². The predicted octanol–water partition coefficient (Wildman–Crippen LogP) is 2.53. The quantitative estimate of drug-likeness (QED) is 0.866. The van der Waals surface area contributed by atoms with E-state index in [-0.39, 0.29) is 6.10 Å². The Labute approximate surface area is 104 Å². The number of rotatable bonds is 4. The number of aromatic nitrogens is 2. The highest BCUT2D eigenvalue weighted by atomic mass is 127. The molecular formula is C10H16IN3O. The van der Waals surface area contributed by atoms with Gasteiger partial charge in [-0.05, 0) is 43.4 Å². The fourth-order valence-corrected chi connectivity index (χ4v) is 1.58. The number of nitrogens with one attached hydrogen (secondary N) is 1. The Morgan fingerprint density at radius 3 is 2.67 bits per heavy atom. The van der Waals surface area contributed by atoms with Crippen LogP contribution in [0.1, 0.15) is 31.5 Å². The first-order chi connectivity index (χ1) is 7.10. The molecular weight excluding hydrogens is 305 g/mol. The molecule has 1 aromatic rings. The molecule has 0 aliphatic heterocycles. The highest BCUT2D eigenvalue weighted by Gasteiger charge is 2.13. The number of ether oxygens (including phenoxy) is 1. The number of hydrogen-bond acceptors (Lipinski definition) is 4. The van der Waals surface area contributed by atoms with E-state index in [2.05, 4.69) is 37.9 Å². The maximum Gasteiger partial charge on any atom is 0.159 e. The molecule has 0 spiro atoms. The first-order valence-electron chi connectivity index (χ1n) is 4.90. The summed E-state index contributed by atoms with van der Waals surface area (Å²) >= 11 is 2.25. The molecule has 0 aliphatic carbocycles. The summed E-state index contributed by atoms with van der Waals surface area (Å²) in [6.07, 6.45) is -0.0712. The van der Waals surface area contributed by atoms with Crippen molar-refractivity contribution in [1.82, 2.24) is 9.97 Å². The van der Waals surface area contributed by atoms with E-state index in [1.807, 2.05) is 20.8 Å². The number of nitrogens with zero attached hydrogens (tertiary/aromatic N) is 2. The van der Waals surface area contributed by atoms with Crippen LogP contribution in [-0.4, -0.2) is 23.6 Å². The van der Waals surface area contributed by atoms with Crippen molar-refractivity contribution in [3.05, 3.63) is 15.1 Å². The van der Waals surface area contributed by atoms with Crippen molar-refractivity contribution in [3.8, 4) is 0 Å². The van der Waals surface area contributed by atoms with Crippen LogP contribution in [0.5, 0.6) is 0 Å². The molecule has 0 aliphatic rings. The van der Waals surface area contributed by atoms with Crippen LogP contribution < -0.4 is 5.32 Å². The maximum atomic E-state index is 5.21. The summed E-state index contributed by atoms with van der Waals surface area (Å²) < 4.78 is 6.28. The van der Waals surface area contributed by atoms with Gasteiger partial charge in [-0.3, -0.25) is 0 Å². The summed E-state index contributed by atoms with van der Waals surface area (Å²) in [6, 6.07) is 0. The Kier molecular flexibility index (Phi) is 4.72. The van der Waals surface area contributed by atoms with E-state index in [1.54, 1.807) is 7.11 Å². The van der Waals surface area contributed by atoms with E-state index in [0.717, 1.165) is 27.5 Å². The molecule has 0 aromatic carbocycles. The maximum absolute atomic E-state index is 5.21. The Bertz CT molecular complexity index is 344. The third-order valence-electron chi connectivity index (χ3n) is 2.10. The lowest BCUT2D eigenvalue weighted by molar-refractivity contribution is 0.112. The van der Waals surface area contributed by atoms with E-state index < -0.39 is 0 Å². The van der Waals surface area contributed by atoms with Crippen molar-refractivity contribution >= 4 is 28.4 Å². The molecule has 0 bridgehead atoms. The summed E-state index contributed by atoms with van der Waals surface area (Å²) in [4.78, 5) is 8.84. The van der Waals surface area contributed by atoms with Gasteiger partial charge in [-0.25, -0.2) is 9.97 Å². The van der Waals surface area contributed by atoms with Crippen molar-refractivity contribution in [3.63, 3.8) is 0 Å². The molecule has 0 radical (unpaired) electrons. The molecule has 0 fully saturated rings. The van der Waals surface area contributed by atoms with Gasteiger partial charge in [-0.1, -0.05) is 0 Å². The number of hydrogen-bond donors (Lipinski definition) is 1. The average molecular weight is 321 g/mol. The van der Waals surface area contributed by atoms with Crippen LogP contribution >= 0.6 is 22.6 Å². The largest absolute Gasteiger partial charge is 0.374 e. The molecule has 0 saturated carbocycles. The molecule has 15 heavy (non-hydrogen) atoms. The topological polar surface area (TPSA) is 47.0 Å². The zero-order chi connectivity index (χ0) is 11.4. The highest BCUT2D eigenvalue weighted by molar-refractivity contribution is 14.1. The van der Waals surface area contributed by atoms with Crippen molar-refractivity contribution in [1.29, 1.82) is 0 Å². The molecule has 1 N–H and O–H groups in total. The zero-order valence-corrected chi connectivity index (χ0v) is 11.6. The minimum absolute atomic E-state index is 0.0712. The Morgan fingerprint density at radius 1 is 1.47 bits per heavy atom. The van der Waals surface area contributed by atoms with Gasteiger partial charge < -0.3 is 10.1 Å². The zero-order valence-electron chi connectivity index (χ0n) is 9.47. The van der Waals surface area contributed by atoms with Gasteiger partial charge in [0, 0.05) is 13.7 Å². The number of halogens is 1. The Hall–Kier alpha value is -0.430. The lowest BCUT2D eigenvalue weighted by atomic mass is 10.3. The molecule has 1 heterocycles. The number of methoxy groups -OCH3 is 1. The second-order valence-electron chi connectivity index (χ2n) is 3.24. The van der Waals surface area contributed by atoms with Gasteiger partial charge in [0.2, 0.25) is 0 Å². The molecule has 84 valence electrons. The van der Waals surface area contributed by atoms with Crippen LogP contribution in [0.2, 0.25) is 0 Å². The van der Waals surface area contributed by atoms with Gasteiger partial charge in [-0.2, -0.15) is 0 Å². The monoisotopic (exact) mass is 321 g/mol. The molecule has 1 unspecified atom stereocenters. The standard InChI is InChI=1S/C10H16IN3O/c1-5-12-10-8(11)6(2)13-9(14-10)7(3)15-4/h7H,5H2,1-4H3,(H,12,13,14). The minimum Gasteiger partial charge on any atom is -0.374 e. The van der Waals surface area contributed by atoms with Crippen LogP contribution in [0.25, 0.3) is 0 Å². The Balaban J connectivity index is 3.11. The molecule has 1 rings (SSSR count). The third-order valence-corrected chi connectivity index (χ3v) is 3.39. The first kappa shape index (κ1) is 12.6. The fourth-order valence-electron chi connectivity index (χ4n) is 1.15. The Morgan fingerprint density at radius 2 is 2.13 bits per heavy atom. The van der Waals surface area contributed by atoms with Gasteiger partial charge in [-0.15, -0.1) is 0 Å². The highest BCUT2D eigenvalue weighted by Crippen LogP contribution is 2.21. The summed E-state index contributed by atoms with van der Waals surface area (Å²) in [5.41, 5.74) is 0.987. The molecule has 5 heteroatoms. The van der Waals surface area contributed by atoms with E-state index in [0.29, 0.717) is 0 Å². The lowest BCUT2D eigenvalue weighted by Gasteiger charge is -2.13. The first-order valence-corrected chi connectivity index (χ1v) is 5.98. The fraction of sp³-hybridized carbons (Fsp3) is 0.600. The van der Waals surface area contributed by atoms with Crippen molar-refractivity contribution in [2.75, 3.05) is 19.0 Å². The smallest absolute Gasteiger partial charge is 0.159 e. The predicted molar refractivity (Wildman–Crippen MR) is 69.1 cm³/mol. The van der Waals surface area contributed by atoms with Crippen molar-refractivity contribution in [2.45, 2.75) is 26.9 Å². The molecule has 4 nitrogen and oxygen atoms in total. The molecule has 1 aromatic heterocycles. The normalized spacial score (nSPS) is 12.6. The van der Waals surface area contributed by atoms with E-state index in [1.165, 1.54) is 0 Å². The molecule has 1 atom stereocenters. The summed E-state index contributed by atoms with van der Waals surface area (Å²) in [5.74, 6) is 1.62. The van der Waals surface area contributed by atoms with E-state index in [4.69, 9.17) is 4.74 Å². The van der Waals surface area contributed by atoms with E-state index >= 15 is 0 Å². The van der Waals surface area contributed by atoms with Crippen molar-refractivity contribution in [2.24, 2.45) is 0 Å². The summed E-state index contributed by atoms with van der Waals surface area (Å²) in [7, 11) is 1.66. The van der Waals surface area contributed by atoms with Crippen LogP contribution in [-0.2, 0) is 4.74 Å². The van der Waals surface area contributed by atoms with Crippen LogP contribution in [0.3, 0.4) is 0 Å². The van der Waals surface area contributed by atoms with Crippen molar-refractivity contribution < 1.29 is 4.74 Å². The van der Waals surface area contributed by atoms with E-state index in [9.17, 15) is 0 Å².